The molecule has 1 fully saturated rings. The molecule has 1 aliphatic heterocycles. The van der Waals surface area contributed by atoms with Gasteiger partial charge in [-0.15, -0.1) is 0 Å². The summed E-state index contributed by atoms with van der Waals surface area (Å²) < 4.78 is 42.0. The summed E-state index contributed by atoms with van der Waals surface area (Å²) in [6.45, 7) is 2.24. The Bertz CT molecular complexity index is 603. The molecule has 2 heterocycles. The Hall–Kier alpha value is -1.00. The molecule has 3 unspecified atom stereocenters. The second-order valence-corrected chi connectivity index (χ2v) is 7.96. The van der Waals surface area contributed by atoms with Crippen molar-refractivity contribution in [2.45, 2.75) is 57.5 Å². The van der Waals surface area contributed by atoms with E-state index in [9.17, 15) is 13.5 Å². The average Bonchev–Trinajstić information content (AvgIpc) is 2.95. The van der Waals surface area contributed by atoms with Crippen LogP contribution < -0.4 is 4.72 Å². The highest BCUT2D eigenvalue weighted by Gasteiger charge is 2.31. The molecule has 0 aromatic carbocycles. The van der Waals surface area contributed by atoms with Gasteiger partial charge in [-0.2, -0.15) is 0 Å². The zero-order valence-electron chi connectivity index (χ0n) is 14.1. The van der Waals surface area contributed by atoms with Crippen LogP contribution in [0.1, 0.15) is 37.6 Å². The van der Waals surface area contributed by atoms with Gasteiger partial charge in [0.15, 0.2) is 5.76 Å². The standard InChI is InChI=1S/C15H26N2O6S/c1-3-6-24(19,20)16-9-15-14(18)5-4-12(22-15)7-11-8-13(10-21-2)23-17-11/h8,12,14-16,18H,3-7,9-10H2,1-2H3. The normalized spacial score (nSPS) is 25.0. The maximum atomic E-state index is 11.7. The molecule has 0 saturated carbocycles. The third kappa shape index (κ3) is 5.82. The molecule has 1 aliphatic rings. The van der Waals surface area contributed by atoms with Crippen molar-refractivity contribution >= 4 is 10.0 Å². The van der Waals surface area contributed by atoms with Gasteiger partial charge in [-0.25, -0.2) is 13.1 Å². The third-order valence-electron chi connectivity index (χ3n) is 3.89. The number of methoxy groups -OCH3 is 1. The van der Waals surface area contributed by atoms with E-state index in [-0.39, 0.29) is 18.4 Å². The Kier molecular flexibility index (Phi) is 7.17. The zero-order valence-corrected chi connectivity index (χ0v) is 14.9. The SMILES string of the molecule is CCCS(=O)(=O)NCC1OC(Cc2cc(COC)on2)CCC1O. The van der Waals surface area contributed by atoms with E-state index in [4.69, 9.17) is 14.0 Å². The third-order valence-corrected chi connectivity index (χ3v) is 5.44. The van der Waals surface area contributed by atoms with Crippen LogP contribution in [0.4, 0.5) is 0 Å². The fourth-order valence-corrected chi connectivity index (χ4v) is 3.83. The van der Waals surface area contributed by atoms with E-state index in [1.165, 1.54) is 0 Å². The summed E-state index contributed by atoms with van der Waals surface area (Å²) in [4.78, 5) is 0. The summed E-state index contributed by atoms with van der Waals surface area (Å²) in [5, 5.41) is 14.0. The van der Waals surface area contributed by atoms with Crippen molar-refractivity contribution in [2.24, 2.45) is 0 Å². The second kappa shape index (κ2) is 8.91. The summed E-state index contributed by atoms with van der Waals surface area (Å²) >= 11 is 0. The number of hydrogen-bond acceptors (Lipinski definition) is 7. The first-order chi connectivity index (χ1) is 11.4. The predicted octanol–water partition coefficient (Wildman–Crippen LogP) is 0.601. The van der Waals surface area contributed by atoms with Crippen LogP contribution in [0.3, 0.4) is 0 Å². The summed E-state index contributed by atoms with van der Waals surface area (Å²) in [6.07, 6.45) is 0.988. The Balaban J connectivity index is 1.87. The number of aliphatic hydroxyl groups is 1. The van der Waals surface area contributed by atoms with Gasteiger partial charge in [0, 0.05) is 26.1 Å². The van der Waals surface area contributed by atoms with Crippen LogP contribution in [0.25, 0.3) is 0 Å². The molecular weight excluding hydrogens is 336 g/mol. The summed E-state index contributed by atoms with van der Waals surface area (Å²) in [5.41, 5.74) is 0.758. The Morgan fingerprint density at radius 1 is 1.46 bits per heavy atom. The largest absolute Gasteiger partial charge is 0.390 e. The van der Waals surface area contributed by atoms with Crippen molar-refractivity contribution in [3.63, 3.8) is 0 Å². The Morgan fingerprint density at radius 2 is 2.25 bits per heavy atom. The van der Waals surface area contributed by atoms with E-state index in [1.54, 1.807) is 14.0 Å². The Morgan fingerprint density at radius 3 is 2.96 bits per heavy atom. The smallest absolute Gasteiger partial charge is 0.211 e. The average molecular weight is 362 g/mol. The van der Waals surface area contributed by atoms with Crippen molar-refractivity contribution in [1.82, 2.24) is 9.88 Å². The van der Waals surface area contributed by atoms with E-state index in [0.717, 1.165) is 5.69 Å². The predicted molar refractivity (Wildman–Crippen MR) is 86.9 cm³/mol. The second-order valence-electron chi connectivity index (χ2n) is 6.03. The summed E-state index contributed by atoms with van der Waals surface area (Å²) in [6, 6.07) is 1.82. The molecule has 1 aromatic heterocycles. The van der Waals surface area contributed by atoms with Gasteiger partial charge in [-0.1, -0.05) is 12.1 Å². The van der Waals surface area contributed by atoms with Gasteiger partial charge in [0.1, 0.15) is 6.61 Å². The van der Waals surface area contributed by atoms with Crippen molar-refractivity contribution < 1.29 is 27.5 Å². The van der Waals surface area contributed by atoms with Crippen LogP contribution in [0.2, 0.25) is 0 Å². The number of rotatable bonds is 9. The van der Waals surface area contributed by atoms with Crippen LogP contribution in [0, 0.1) is 0 Å². The maximum Gasteiger partial charge on any atom is 0.211 e. The van der Waals surface area contributed by atoms with Crippen LogP contribution in [-0.2, 0) is 32.5 Å². The van der Waals surface area contributed by atoms with Crippen molar-refractivity contribution in [3.05, 3.63) is 17.5 Å². The lowest BCUT2D eigenvalue weighted by atomic mass is 9.98. The fourth-order valence-electron chi connectivity index (χ4n) is 2.73. The number of ether oxygens (including phenoxy) is 2. The van der Waals surface area contributed by atoms with E-state index in [0.29, 0.717) is 38.1 Å². The van der Waals surface area contributed by atoms with Crippen molar-refractivity contribution in [2.75, 3.05) is 19.4 Å². The molecule has 24 heavy (non-hydrogen) atoms. The van der Waals surface area contributed by atoms with E-state index in [1.807, 2.05) is 6.07 Å². The van der Waals surface area contributed by atoms with Gasteiger partial charge in [0.25, 0.3) is 0 Å². The number of nitrogens with one attached hydrogen (secondary N) is 1. The number of aromatic nitrogens is 1. The van der Waals surface area contributed by atoms with E-state index in [2.05, 4.69) is 9.88 Å². The highest BCUT2D eigenvalue weighted by Crippen LogP contribution is 2.22. The van der Waals surface area contributed by atoms with Gasteiger partial charge in [-0.3, -0.25) is 0 Å². The number of sulfonamides is 1. The first-order valence-corrected chi connectivity index (χ1v) is 9.83. The molecule has 0 radical (unpaired) electrons. The molecule has 0 spiro atoms. The molecule has 3 atom stereocenters. The summed E-state index contributed by atoms with van der Waals surface area (Å²) in [5.74, 6) is 0.715. The minimum atomic E-state index is -3.32. The lowest BCUT2D eigenvalue weighted by Crippen LogP contribution is -2.46. The van der Waals surface area contributed by atoms with Crippen LogP contribution in [0.15, 0.2) is 10.6 Å². The quantitative estimate of drug-likeness (QED) is 0.662. The molecule has 1 saturated heterocycles. The number of aliphatic hydroxyl groups excluding tert-OH is 1. The highest BCUT2D eigenvalue weighted by atomic mass is 32.2. The fraction of sp³-hybridized carbons (Fsp3) is 0.800. The lowest BCUT2D eigenvalue weighted by Gasteiger charge is -2.33. The van der Waals surface area contributed by atoms with Gasteiger partial charge in [0.05, 0.1) is 29.8 Å². The molecule has 8 nitrogen and oxygen atoms in total. The molecule has 2 N–H and O–H groups in total. The van der Waals surface area contributed by atoms with Gasteiger partial charge in [-0.05, 0) is 19.3 Å². The van der Waals surface area contributed by atoms with E-state index < -0.39 is 22.2 Å². The molecule has 1 aromatic rings. The number of nitrogens with zero attached hydrogens (tertiary/aromatic N) is 1. The molecule has 138 valence electrons. The highest BCUT2D eigenvalue weighted by molar-refractivity contribution is 7.89. The summed E-state index contributed by atoms with van der Waals surface area (Å²) in [7, 11) is -1.73. The van der Waals surface area contributed by atoms with Crippen LogP contribution >= 0.6 is 0 Å². The maximum absolute atomic E-state index is 11.7. The molecular formula is C15H26N2O6S. The van der Waals surface area contributed by atoms with Crippen molar-refractivity contribution in [1.29, 1.82) is 0 Å². The van der Waals surface area contributed by atoms with Gasteiger partial charge >= 0.3 is 0 Å². The Labute approximate surface area is 142 Å². The molecule has 0 amide bonds. The zero-order chi connectivity index (χ0) is 17.6. The topological polar surface area (TPSA) is 111 Å². The lowest BCUT2D eigenvalue weighted by molar-refractivity contribution is -0.113. The van der Waals surface area contributed by atoms with E-state index >= 15 is 0 Å². The molecule has 0 aliphatic carbocycles. The molecule has 9 heteroatoms. The minimum absolute atomic E-state index is 0.0699. The molecule has 2 rings (SSSR count). The van der Waals surface area contributed by atoms with Crippen LogP contribution in [0.5, 0.6) is 0 Å². The minimum Gasteiger partial charge on any atom is -0.390 e. The molecule has 0 bridgehead atoms. The van der Waals surface area contributed by atoms with Gasteiger partial charge < -0.3 is 19.1 Å². The first kappa shape index (κ1) is 19.3. The number of hydrogen-bond donors (Lipinski definition) is 2. The first-order valence-electron chi connectivity index (χ1n) is 8.17. The van der Waals surface area contributed by atoms with Gasteiger partial charge in [0.2, 0.25) is 10.0 Å². The van der Waals surface area contributed by atoms with Crippen LogP contribution in [-0.4, -0.2) is 56.4 Å². The van der Waals surface area contributed by atoms with Crippen molar-refractivity contribution in [3.8, 4) is 0 Å². The monoisotopic (exact) mass is 362 g/mol.